The predicted octanol–water partition coefficient (Wildman–Crippen LogP) is 6.21. The number of hydrogen-bond donors (Lipinski definition) is 0. The van der Waals surface area contributed by atoms with Crippen LogP contribution in [0, 0.1) is 12.3 Å². The van der Waals surface area contributed by atoms with Gasteiger partial charge in [0.2, 0.25) is 0 Å². The molecule has 0 fully saturated rings. The van der Waals surface area contributed by atoms with E-state index >= 15 is 0 Å². The molecule has 1 aromatic heterocycles. The lowest BCUT2D eigenvalue weighted by molar-refractivity contribution is 0.284. The molecule has 7 heteroatoms. The average Bonchev–Trinajstić information content (AvgIpc) is 3.16. The SMILES string of the molecule is Cc1ccc(S(=O)(=O)Oc2ccc(C(C)(C)CC(C)(C)C)cc2-n2nc3ccccc3n2)cc1. The zero-order chi connectivity index (χ0) is 24.7. The fraction of sp³-hybridized carbons (Fsp3) is 0.333. The summed E-state index contributed by atoms with van der Waals surface area (Å²) in [6.45, 7) is 12.9. The second-order valence-electron chi connectivity index (χ2n) is 10.6. The lowest BCUT2D eigenvalue weighted by atomic mass is 9.72. The minimum absolute atomic E-state index is 0.0970. The molecule has 0 saturated heterocycles. The predicted molar refractivity (Wildman–Crippen MR) is 135 cm³/mol. The Kier molecular flexibility index (Phi) is 6.02. The summed E-state index contributed by atoms with van der Waals surface area (Å²) in [4.78, 5) is 1.56. The Bertz CT molecular complexity index is 1400. The topological polar surface area (TPSA) is 74.1 Å². The summed E-state index contributed by atoms with van der Waals surface area (Å²) in [5.74, 6) is 0.177. The molecule has 1 heterocycles. The first-order valence-corrected chi connectivity index (χ1v) is 12.7. The van der Waals surface area contributed by atoms with E-state index in [2.05, 4.69) is 44.8 Å². The maximum Gasteiger partial charge on any atom is 0.339 e. The van der Waals surface area contributed by atoms with Crippen LogP contribution in [0.25, 0.3) is 16.7 Å². The van der Waals surface area contributed by atoms with E-state index in [1.165, 1.54) is 4.80 Å². The third-order valence-corrected chi connectivity index (χ3v) is 6.97. The quantitative estimate of drug-likeness (QED) is 0.309. The van der Waals surface area contributed by atoms with Crippen LogP contribution in [0.5, 0.6) is 5.75 Å². The summed E-state index contributed by atoms with van der Waals surface area (Å²) in [5, 5.41) is 9.17. The molecule has 0 bridgehead atoms. The third-order valence-electron chi connectivity index (χ3n) is 5.72. The Morgan fingerprint density at radius 2 is 1.44 bits per heavy atom. The van der Waals surface area contributed by atoms with E-state index in [1.54, 1.807) is 30.3 Å². The number of benzene rings is 3. The van der Waals surface area contributed by atoms with Gasteiger partial charge in [0.15, 0.2) is 5.75 Å². The number of hydrogen-bond acceptors (Lipinski definition) is 5. The van der Waals surface area contributed by atoms with Crippen LogP contribution in [-0.2, 0) is 15.5 Å². The van der Waals surface area contributed by atoms with Crippen molar-refractivity contribution in [2.24, 2.45) is 5.41 Å². The molecule has 0 radical (unpaired) electrons. The van der Waals surface area contributed by atoms with E-state index in [4.69, 9.17) is 4.18 Å². The van der Waals surface area contributed by atoms with Crippen molar-refractivity contribution >= 4 is 21.2 Å². The summed E-state index contributed by atoms with van der Waals surface area (Å²) >= 11 is 0. The maximum absolute atomic E-state index is 13.1. The average molecular weight is 478 g/mol. The van der Waals surface area contributed by atoms with Crippen LogP contribution in [0.1, 0.15) is 52.2 Å². The molecule has 4 aromatic rings. The molecule has 3 aromatic carbocycles. The van der Waals surface area contributed by atoms with Crippen LogP contribution in [-0.4, -0.2) is 23.4 Å². The summed E-state index contributed by atoms with van der Waals surface area (Å²) in [6, 6.07) is 19.7. The van der Waals surface area contributed by atoms with Crippen molar-refractivity contribution in [3.8, 4) is 11.4 Å². The smallest absolute Gasteiger partial charge is 0.339 e. The molecule has 0 N–H and O–H groups in total. The summed E-state index contributed by atoms with van der Waals surface area (Å²) in [5.41, 5.74) is 3.89. The Hall–Kier alpha value is -3.19. The van der Waals surface area contributed by atoms with Gasteiger partial charge in [0, 0.05) is 0 Å². The van der Waals surface area contributed by atoms with Gasteiger partial charge in [-0.15, -0.1) is 15.0 Å². The van der Waals surface area contributed by atoms with Gasteiger partial charge in [-0.2, -0.15) is 8.42 Å². The Labute approximate surface area is 201 Å². The molecule has 4 rings (SSSR count). The van der Waals surface area contributed by atoms with E-state index in [9.17, 15) is 8.42 Å². The van der Waals surface area contributed by atoms with Crippen molar-refractivity contribution in [1.29, 1.82) is 0 Å². The number of fused-ring (bicyclic) bond motifs is 1. The lowest BCUT2D eigenvalue weighted by Crippen LogP contribution is -2.25. The number of rotatable bonds is 6. The highest BCUT2D eigenvalue weighted by Gasteiger charge is 2.29. The van der Waals surface area contributed by atoms with Gasteiger partial charge >= 0.3 is 10.1 Å². The monoisotopic (exact) mass is 477 g/mol. The molecule has 0 aliphatic heterocycles. The van der Waals surface area contributed by atoms with E-state index in [1.807, 2.05) is 43.3 Å². The van der Waals surface area contributed by atoms with Crippen molar-refractivity contribution in [1.82, 2.24) is 15.0 Å². The number of nitrogens with zero attached hydrogens (tertiary/aromatic N) is 3. The van der Waals surface area contributed by atoms with Crippen LogP contribution in [0.4, 0.5) is 0 Å². The number of aryl methyl sites for hydroxylation is 1. The molecule has 0 saturated carbocycles. The largest absolute Gasteiger partial charge is 0.377 e. The van der Waals surface area contributed by atoms with Gasteiger partial charge in [-0.1, -0.05) is 70.5 Å². The lowest BCUT2D eigenvalue weighted by Gasteiger charge is -2.33. The maximum atomic E-state index is 13.1. The summed E-state index contributed by atoms with van der Waals surface area (Å²) in [7, 11) is -4.04. The Morgan fingerprint density at radius 1 is 0.853 bits per heavy atom. The fourth-order valence-electron chi connectivity index (χ4n) is 4.43. The summed E-state index contributed by atoms with van der Waals surface area (Å²) in [6.07, 6.45) is 0.940. The first kappa shape index (κ1) is 24.0. The van der Waals surface area contributed by atoms with Gasteiger partial charge in [-0.25, -0.2) is 0 Å². The first-order chi connectivity index (χ1) is 15.8. The highest BCUT2D eigenvalue weighted by molar-refractivity contribution is 7.87. The zero-order valence-electron chi connectivity index (χ0n) is 20.5. The second-order valence-corrected chi connectivity index (χ2v) is 12.2. The minimum Gasteiger partial charge on any atom is -0.377 e. The van der Waals surface area contributed by atoms with Gasteiger partial charge in [0.05, 0.1) is 0 Å². The van der Waals surface area contributed by atoms with Crippen molar-refractivity contribution in [3.63, 3.8) is 0 Å². The van der Waals surface area contributed by atoms with Gasteiger partial charge in [-0.3, -0.25) is 0 Å². The van der Waals surface area contributed by atoms with Crippen LogP contribution in [0.15, 0.2) is 71.6 Å². The van der Waals surface area contributed by atoms with Gasteiger partial charge in [0.25, 0.3) is 0 Å². The van der Waals surface area contributed by atoms with Crippen molar-refractivity contribution in [2.45, 2.75) is 58.3 Å². The molecule has 0 unspecified atom stereocenters. The van der Waals surface area contributed by atoms with Crippen molar-refractivity contribution in [3.05, 3.63) is 77.9 Å². The van der Waals surface area contributed by atoms with Crippen LogP contribution in [0.3, 0.4) is 0 Å². The Balaban J connectivity index is 1.83. The molecule has 6 nitrogen and oxygen atoms in total. The molecule has 0 aliphatic rings. The molecular weight excluding hydrogens is 446 g/mol. The van der Waals surface area contributed by atoms with E-state index in [-0.39, 0.29) is 21.5 Å². The zero-order valence-corrected chi connectivity index (χ0v) is 21.3. The molecule has 178 valence electrons. The molecular formula is C27H31N3O3S. The molecule has 0 atom stereocenters. The Morgan fingerprint density at radius 3 is 2.00 bits per heavy atom. The van der Waals surface area contributed by atoms with Crippen LogP contribution < -0.4 is 4.18 Å². The van der Waals surface area contributed by atoms with E-state index in [0.29, 0.717) is 16.7 Å². The minimum atomic E-state index is -4.04. The highest BCUT2D eigenvalue weighted by Crippen LogP contribution is 2.39. The standard InChI is InChI=1S/C27H31N3O3S/c1-19-11-14-21(15-12-19)34(31,32)33-25-16-13-20(27(5,6)18-26(2,3)4)17-24(25)30-28-22-9-7-8-10-23(22)29-30/h7-17H,18H2,1-6H3. The fourth-order valence-corrected chi connectivity index (χ4v) is 5.37. The van der Waals surface area contributed by atoms with Crippen molar-refractivity contribution < 1.29 is 12.6 Å². The van der Waals surface area contributed by atoms with E-state index < -0.39 is 10.1 Å². The van der Waals surface area contributed by atoms with Crippen LogP contribution in [0.2, 0.25) is 0 Å². The van der Waals surface area contributed by atoms with Crippen molar-refractivity contribution in [2.75, 3.05) is 0 Å². The highest BCUT2D eigenvalue weighted by atomic mass is 32.2. The first-order valence-electron chi connectivity index (χ1n) is 11.3. The number of aromatic nitrogens is 3. The van der Waals surface area contributed by atoms with Crippen LogP contribution >= 0.6 is 0 Å². The van der Waals surface area contributed by atoms with E-state index in [0.717, 1.165) is 17.5 Å². The summed E-state index contributed by atoms with van der Waals surface area (Å²) < 4.78 is 31.8. The van der Waals surface area contributed by atoms with Gasteiger partial charge < -0.3 is 4.18 Å². The van der Waals surface area contributed by atoms with Gasteiger partial charge in [0.1, 0.15) is 21.6 Å². The second kappa shape index (κ2) is 8.55. The molecule has 0 aliphatic carbocycles. The third kappa shape index (κ3) is 5.14. The molecule has 0 amide bonds. The van der Waals surface area contributed by atoms with Gasteiger partial charge in [-0.05, 0) is 66.1 Å². The normalized spacial score (nSPS) is 12.8. The molecule has 34 heavy (non-hydrogen) atoms. The molecule has 0 spiro atoms.